The summed E-state index contributed by atoms with van der Waals surface area (Å²) in [7, 11) is 0. The van der Waals surface area contributed by atoms with Crippen molar-refractivity contribution < 1.29 is 9.84 Å². The molecule has 1 fully saturated rings. The molecule has 4 nitrogen and oxygen atoms in total. The minimum absolute atomic E-state index is 0.350. The molecular weight excluding hydrogens is 204 g/mol. The summed E-state index contributed by atoms with van der Waals surface area (Å²) in [6, 6.07) is 0.513. The lowest BCUT2D eigenvalue weighted by molar-refractivity contribution is 0.00569. The third-order valence-corrected chi connectivity index (χ3v) is 3.04. The van der Waals surface area contributed by atoms with Crippen LogP contribution in [0.25, 0.3) is 0 Å². The molecule has 1 aliphatic rings. The minimum atomic E-state index is -0.350. The zero-order chi connectivity index (χ0) is 11.8. The van der Waals surface area contributed by atoms with Gasteiger partial charge in [-0.05, 0) is 13.3 Å². The zero-order valence-electron chi connectivity index (χ0n) is 10.6. The molecule has 1 saturated heterocycles. The van der Waals surface area contributed by atoms with Gasteiger partial charge in [0.25, 0.3) is 0 Å². The number of piperazine rings is 1. The van der Waals surface area contributed by atoms with Crippen LogP contribution in [0.4, 0.5) is 0 Å². The van der Waals surface area contributed by atoms with Gasteiger partial charge >= 0.3 is 0 Å². The van der Waals surface area contributed by atoms with Gasteiger partial charge in [-0.15, -0.1) is 0 Å². The van der Waals surface area contributed by atoms with Crippen LogP contribution >= 0.6 is 0 Å². The summed E-state index contributed by atoms with van der Waals surface area (Å²) in [5, 5.41) is 13.2. The van der Waals surface area contributed by atoms with Crippen LogP contribution in [0.5, 0.6) is 0 Å². The van der Waals surface area contributed by atoms with E-state index in [2.05, 4.69) is 24.1 Å². The van der Waals surface area contributed by atoms with Gasteiger partial charge in [0.15, 0.2) is 0 Å². The van der Waals surface area contributed by atoms with Crippen molar-refractivity contribution in [3.05, 3.63) is 0 Å². The molecule has 0 spiro atoms. The maximum Gasteiger partial charge on any atom is 0.0900 e. The SMILES string of the molecule is CCCCOCC(O)CN1CCNC[C@H]1C. The molecule has 0 amide bonds. The number of aliphatic hydroxyl groups excluding tert-OH is 1. The molecule has 1 unspecified atom stereocenters. The van der Waals surface area contributed by atoms with Crippen LogP contribution in [0.3, 0.4) is 0 Å². The van der Waals surface area contributed by atoms with Crippen LogP contribution < -0.4 is 5.32 Å². The average molecular weight is 230 g/mol. The molecule has 0 saturated carbocycles. The first-order chi connectivity index (χ1) is 7.74. The van der Waals surface area contributed by atoms with E-state index in [4.69, 9.17) is 4.74 Å². The number of hydrogen-bond acceptors (Lipinski definition) is 4. The van der Waals surface area contributed by atoms with Crippen LogP contribution in [0.2, 0.25) is 0 Å². The predicted octanol–water partition coefficient (Wildman–Crippen LogP) is 0.458. The van der Waals surface area contributed by atoms with E-state index in [1.165, 1.54) is 0 Å². The van der Waals surface area contributed by atoms with Crippen molar-refractivity contribution in [2.75, 3.05) is 39.4 Å². The van der Waals surface area contributed by atoms with E-state index < -0.39 is 0 Å². The predicted molar refractivity (Wildman–Crippen MR) is 65.6 cm³/mol. The number of β-amino-alcohol motifs (C(OH)–C–C–N with tert-alkyl or cyclic N) is 1. The van der Waals surface area contributed by atoms with E-state index in [1.54, 1.807) is 0 Å². The molecule has 1 heterocycles. The fourth-order valence-electron chi connectivity index (χ4n) is 1.94. The van der Waals surface area contributed by atoms with Crippen LogP contribution in [0.15, 0.2) is 0 Å². The zero-order valence-corrected chi connectivity index (χ0v) is 10.6. The Bertz CT molecular complexity index is 178. The maximum atomic E-state index is 9.83. The van der Waals surface area contributed by atoms with E-state index in [-0.39, 0.29) is 6.10 Å². The Hall–Kier alpha value is -0.160. The van der Waals surface area contributed by atoms with E-state index in [1.807, 2.05) is 0 Å². The number of rotatable bonds is 7. The van der Waals surface area contributed by atoms with Gasteiger partial charge in [-0.25, -0.2) is 0 Å². The average Bonchev–Trinajstić information content (AvgIpc) is 2.28. The van der Waals surface area contributed by atoms with E-state index >= 15 is 0 Å². The van der Waals surface area contributed by atoms with Gasteiger partial charge in [-0.3, -0.25) is 4.90 Å². The second kappa shape index (κ2) is 8.01. The van der Waals surface area contributed by atoms with Gasteiger partial charge < -0.3 is 15.2 Å². The summed E-state index contributed by atoms with van der Waals surface area (Å²) in [5.74, 6) is 0. The Kier molecular flexibility index (Phi) is 6.96. The minimum Gasteiger partial charge on any atom is -0.389 e. The third kappa shape index (κ3) is 5.25. The number of nitrogens with zero attached hydrogens (tertiary/aromatic N) is 1. The normalized spacial score (nSPS) is 24.6. The first kappa shape index (κ1) is 13.9. The van der Waals surface area contributed by atoms with Gasteiger partial charge in [-0.2, -0.15) is 0 Å². The standard InChI is InChI=1S/C12H26N2O2/c1-3-4-7-16-10-12(15)9-14-6-5-13-8-11(14)2/h11-13,15H,3-10H2,1-2H3/t11-,12?/m1/s1. The van der Waals surface area contributed by atoms with Crippen molar-refractivity contribution in [3.8, 4) is 0 Å². The number of hydrogen-bond donors (Lipinski definition) is 2. The molecule has 96 valence electrons. The highest BCUT2D eigenvalue weighted by Gasteiger charge is 2.20. The highest BCUT2D eigenvalue weighted by molar-refractivity contribution is 4.77. The van der Waals surface area contributed by atoms with Crippen LogP contribution in [0, 0.1) is 0 Å². The maximum absolute atomic E-state index is 9.83. The van der Waals surface area contributed by atoms with Crippen LogP contribution in [-0.4, -0.2) is 61.5 Å². The lowest BCUT2D eigenvalue weighted by Crippen LogP contribution is -2.52. The summed E-state index contributed by atoms with van der Waals surface area (Å²) >= 11 is 0. The fourth-order valence-corrected chi connectivity index (χ4v) is 1.94. The van der Waals surface area contributed by atoms with Crippen molar-refractivity contribution in [2.45, 2.75) is 38.8 Å². The monoisotopic (exact) mass is 230 g/mol. The fraction of sp³-hybridized carbons (Fsp3) is 1.00. The molecule has 1 rings (SSSR count). The smallest absolute Gasteiger partial charge is 0.0900 e. The van der Waals surface area contributed by atoms with E-state index in [0.29, 0.717) is 12.6 Å². The first-order valence-corrected chi connectivity index (χ1v) is 6.44. The molecule has 0 aliphatic carbocycles. The molecule has 1 aliphatic heterocycles. The van der Waals surface area contributed by atoms with Gasteiger partial charge in [0.1, 0.15) is 0 Å². The van der Waals surface area contributed by atoms with Gasteiger partial charge in [-0.1, -0.05) is 13.3 Å². The number of aliphatic hydroxyl groups is 1. The Morgan fingerprint density at radius 2 is 2.38 bits per heavy atom. The molecule has 4 heteroatoms. The van der Waals surface area contributed by atoms with Crippen molar-refractivity contribution in [3.63, 3.8) is 0 Å². The number of ether oxygens (including phenoxy) is 1. The van der Waals surface area contributed by atoms with Crippen LogP contribution in [-0.2, 0) is 4.74 Å². The second-order valence-electron chi connectivity index (χ2n) is 4.63. The molecule has 0 bridgehead atoms. The third-order valence-electron chi connectivity index (χ3n) is 3.04. The summed E-state index contributed by atoms with van der Waals surface area (Å²) in [5.41, 5.74) is 0. The first-order valence-electron chi connectivity index (χ1n) is 6.44. The summed E-state index contributed by atoms with van der Waals surface area (Å²) in [6.45, 7) is 9.36. The summed E-state index contributed by atoms with van der Waals surface area (Å²) in [6.07, 6.45) is 1.87. The molecule has 0 aromatic heterocycles. The Morgan fingerprint density at radius 3 is 3.06 bits per heavy atom. The summed E-state index contributed by atoms with van der Waals surface area (Å²) < 4.78 is 5.42. The Balaban J connectivity index is 2.09. The van der Waals surface area contributed by atoms with Crippen molar-refractivity contribution in [1.82, 2.24) is 10.2 Å². The number of unbranched alkanes of at least 4 members (excludes halogenated alkanes) is 1. The Labute approximate surface area is 99.0 Å². The lowest BCUT2D eigenvalue weighted by Gasteiger charge is -2.35. The van der Waals surface area contributed by atoms with E-state index in [0.717, 1.165) is 45.6 Å². The molecule has 2 N–H and O–H groups in total. The molecular formula is C12H26N2O2. The molecule has 0 aromatic carbocycles. The largest absolute Gasteiger partial charge is 0.389 e. The van der Waals surface area contributed by atoms with Crippen molar-refractivity contribution in [1.29, 1.82) is 0 Å². The Morgan fingerprint density at radius 1 is 1.56 bits per heavy atom. The van der Waals surface area contributed by atoms with Gasteiger partial charge in [0.05, 0.1) is 12.7 Å². The topological polar surface area (TPSA) is 44.7 Å². The van der Waals surface area contributed by atoms with Crippen LogP contribution in [0.1, 0.15) is 26.7 Å². The van der Waals surface area contributed by atoms with Crippen molar-refractivity contribution >= 4 is 0 Å². The highest BCUT2D eigenvalue weighted by atomic mass is 16.5. The van der Waals surface area contributed by atoms with Crippen molar-refractivity contribution in [2.24, 2.45) is 0 Å². The molecule has 0 aromatic rings. The molecule has 2 atom stereocenters. The number of nitrogens with one attached hydrogen (secondary N) is 1. The molecule has 0 radical (unpaired) electrons. The highest BCUT2D eigenvalue weighted by Crippen LogP contribution is 2.03. The van der Waals surface area contributed by atoms with Gasteiger partial charge in [0.2, 0.25) is 0 Å². The molecule has 16 heavy (non-hydrogen) atoms. The summed E-state index contributed by atoms with van der Waals surface area (Å²) in [4.78, 5) is 2.32. The lowest BCUT2D eigenvalue weighted by atomic mass is 10.2. The van der Waals surface area contributed by atoms with E-state index in [9.17, 15) is 5.11 Å². The second-order valence-corrected chi connectivity index (χ2v) is 4.63. The van der Waals surface area contributed by atoms with Gasteiger partial charge in [0, 0.05) is 38.8 Å². The quantitative estimate of drug-likeness (QED) is 0.624.